The molecule has 1 unspecified atom stereocenters. The Labute approximate surface area is 110 Å². The first-order valence-corrected chi connectivity index (χ1v) is 7.56. The molecule has 0 amide bonds. The zero-order valence-electron chi connectivity index (χ0n) is 11.5. The van der Waals surface area contributed by atoms with Crippen molar-refractivity contribution in [2.75, 3.05) is 13.1 Å². The van der Waals surface area contributed by atoms with Crippen LogP contribution in [0.2, 0.25) is 0 Å². The van der Waals surface area contributed by atoms with E-state index in [2.05, 4.69) is 28.3 Å². The molecule has 1 N–H and O–H groups in total. The maximum Gasteiger partial charge on any atom is 0.0527 e. The Morgan fingerprint density at radius 3 is 2.83 bits per heavy atom. The molecule has 100 valence electrons. The molecule has 18 heavy (non-hydrogen) atoms. The Kier molecular flexibility index (Phi) is 3.69. The number of piperidine rings is 1. The summed E-state index contributed by atoms with van der Waals surface area (Å²) in [6, 6.07) is 0. The predicted molar refractivity (Wildman–Crippen MR) is 73.7 cm³/mol. The molecule has 1 aromatic rings. The van der Waals surface area contributed by atoms with Crippen LogP contribution >= 0.6 is 0 Å². The molecule has 1 aliphatic heterocycles. The number of hydrogen-bond acceptors (Lipinski definition) is 2. The maximum absolute atomic E-state index is 4.52. The SMILES string of the molecule is Cn1ncc(C2CCCC2)c1CC1CCCNC1. The van der Waals surface area contributed by atoms with Crippen LogP contribution in [0.3, 0.4) is 0 Å². The molecule has 0 bridgehead atoms. The minimum Gasteiger partial charge on any atom is -0.316 e. The first-order valence-electron chi connectivity index (χ1n) is 7.56. The van der Waals surface area contributed by atoms with Crippen molar-refractivity contribution in [3.05, 3.63) is 17.5 Å². The molecule has 1 aromatic heterocycles. The molecule has 3 nitrogen and oxygen atoms in total. The van der Waals surface area contributed by atoms with E-state index in [0.29, 0.717) is 0 Å². The zero-order valence-corrected chi connectivity index (χ0v) is 11.5. The fraction of sp³-hybridized carbons (Fsp3) is 0.800. The Balaban J connectivity index is 1.74. The van der Waals surface area contributed by atoms with Gasteiger partial charge in [-0.25, -0.2) is 0 Å². The van der Waals surface area contributed by atoms with Crippen molar-refractivity contribution in [3.8, 4) is 0 Å². The Morgan fingerprint density at radius 2 is 2.11 bits per heavy atom. The quantitative estimate of drug-likeness (QED) is 0.890. The van der Waals surface area contributed by atoms with Gasteiger partial charge in [-0.2, -0.15) is 5.10 Å². The molecule has 1 atom stereocenters. The van der Waals surface area contributed by atoms with Crippen LogP contribution in [0.25, 0.3) is 0 Å². The van der Waals surface area contributed by atoms with E-state index in [-0.39, 0.29) is 0 Å². The van der Waals surface area contributed by atoms with Gasteiger partial charge in [0.15, 0.2) is 0 Å². The van der Waals surface area contributed by atoms with Gasteiger partial charge < -0.3 is 5.32 Å². The van der Waals surface area contributed by atoms with E-state index < -0.39 is 0 Å². The number of rotatable bonds is 3. The first-order chi connectivity index (χ1) is 8.84. The smallest absolute Gasteiger partial charge is 0.0527 e. The van der Waals surface area contributed by atoms with Gasteiger partial charge in [0.1, 0.15) is 0 Å². The van der Waals surface area contributed by atoms with Crippen molar-refractivity contribution in [1.29, 1.82) is 0 Å². The van der Waals surface area contributed by atoms with Gasteiger partial charge in [0.25, 0.3) is 0 Å². The Bertz CT molecular complexity index is 384. The van der Waals surface area contributed by atoms with Crippen molar-refractivity contribution in [3.63, 3.8) is 0 Å². The van der Waals surface area contributed by atoms with E-state index in [4.69, 9.17) is 0 Å². The monoisotopic (exact) mass is 247 g/mol. The molecule has 3 heteroatoms. The van der Waals surface area contributed by atoms with Gasteiger partial charge in [0, 0.05) is 12.7 Å². The van der Waals surface area contributed by atoms with Gasteiger partial charge in [-0.1, -0.05) is 12.8 Å². The zero-order chi connectivity index (χ0) is 12.4. The van der Waals surface area contributed by atoms with E-state index in [1.165, 1.54) is 63.7 Å². The summed E-state index contributed by atoms with van der Waals surface area (Å²) in [5.74, 6) is 1.61. The maximum atomic E-state index is 4.52. The fourth-order valence-electron chi connectivity index (χ4n) is 3.68. The number of aryl methyl sites for hydroxylation is 1. The van der Waals surface area contributed by atoms with E-state index in [0.717, 1.165) is 11.8 Å². The van der Waals surface area contributed by atoms with Crippen molar-refractivity contribution in [2.24, 2.45) is 13.0 Å². The highest BCUT2D eigenvalue weighted by Crippen LogP contribution is 2.36. The molecular formula is C15H25N3. The largest absolute Gasteiger partial charge is 0.316 e. The highest BCUT2D eigenvalue weighted by Gasteiger charge is 2.24. The van der Waals surface area contributed by atoms with Gasteiger partial charge in [0.05, 0.1) is 6.20 Å². The normalized spacial score (nSPS) is 25.7. The topological polar surface area (TPSA) is 29.9 Å². The minimum atomic E-state index is 0.797. The summed E-state index contributed by atoms with van der Waals surface area (Å²) in [5.41, 5.74) is 3.07. The van der Waals surface area contributed by atoms with Crippen LogP contribution in [-0.2, 0) is 13.5 Å². The summed E-state index contributed by atoms with van der Waals surface area (Å²) < 4.78 is 2.13. The van der Waals surface area contributed by atoms with Gasteiger partial charge in [-0.05, 0) is 62.6 Å². The van der Waals surface area contributed by atoms with E-state index in [9.17, 15) is 0 Å². The third-order valence-corrected chi connectivity index (χ3v) is 4.77. The highest BCUT2D eigenvalue weighted by atomic mass is 15.3. The molecule has 3 rings (SSSR count). The lowest BCUT2D eigenvalue weighted by atomic mass is 9.90. The summed E-state index contributed by atoms with van der Waals surface area (Å²) in [4.78, 5) is 0. The summed E-state index contributed by atoms with van der Waals surface area (Å²) in [5, 5.41) is 8.05. The lowest BCUT2D eigenvalue weighted by molar-refractivity contribution is 0.368. The summed E-state index contributed by atoms with van der Waals surface area (Å²) in [6.07, 6.45) is 11.6. The van der Waals surface area contributed by atoms with Crippen LogP contribution in [-0.4, -0.2) is 22.9 Å². The Morgan fingerprint density at radius 1 is 1.28 bits per heavy atom. The van der Waals surface area contributed by atoms with Crippen LogP contribution in [0.1, 0.15) is 55.7 Å². The van der Waals surface area contributed by atoms with E-state index >= 15 is 0 Å². The average Bonchev–Trinajstić information content (AvgIpc) is 3.02. The number of nitrogens with one attached hydrogen (secondary N) is 1. The molecule has 2 fully saturated rings. The number of hydrogen-bond donors (Lipinski definition) is 1. The second-order valence-corrected chi connectivity index (χ2v) is 6.07. The standard InChI is InChI=1S/C15H25N3/c1-18-15(9-12-5-4-8-16-10-12)14(11-17-18)13-6-2-3-7-13/h11-13,16H,2-10H2,1H3. The first kappa shape index (κ1) is 12.2. The van der Waals surface area contributed by atoms with Gasteiger partial charge in [-0.3, -0.25) is 4.68 Å². The molecule has 2 aliphatic rings. The molecular weight excluding hydrogens is 222 g/mol. The Hall–Kier alpha value is -0.830. The van der Waals surface area contributed by atoms with Crippen LogP contribution in [0.15, 0.2) is 6.20 Å². The van der Waals surface area contributed by atoms with E-state index in [1.54, 1.807) is 5.56 Å². The summed E-state index contributed by atoms with van der Waals surface area (Å²) in [6.45, 7) is 2.40. The summed E-state index contributed by atoms with van der Waals surface area (Å²) in [7, 11) is 2.12. The van der Waals surface area contributed by atoms with Crippen molar-refractivity contribution in [2.45, 2.75) is 50.9 Å². The van der Waals surface area contributed by atoms with Gasteiger partial charge in [0.2, 0.25) is 0 Å². The van der Waals surface area contributed by atoms with Crippen molar-refractivity contribution < 1.29 is 0 Å². The number of nitrogens with zero attached hydrogens (tertiary/aromatic N) is 2. The minimum absolute atomic E-state index is 0.797. The lowest BCUT2D eigenvalue weighted by Crippen LogP contribution is -2.31. The van der Waals surface area contributed by atoms with E-state index in [1.807, 2.05) is 0 Å². The second-order valence-electron chi connectivity index (χ2n) is 6.07. The second kappa shape index (κ2) is 5.43. The van der Waals surface area contributed by atoms with Crippen LogP contribution in [0, 0.1) is 5.92 Å². The van der Waals surface area contributed by atoms with Gasteiger partial charge >= 0.3 is 0 Å². The third kappa shape index (κ3) is 2.46. The van der Waals surface area contributed by atoms with Crippen LogP contribution in [0.5, 0.6) is 0 Å². The molecule has 1 aliphatic carbocycles. The molecule has 0 spiro atoms. The third-order valence-electron chi connectivity index (χ3n) is 4.77. The molecule has 2 heterocycles. The molecule has 1 saturated heterocycles. The lowest BCUT2D eigenvalue weighted by Gasteiger charge is -2.23. The fourth-order valence-corrected chi connectivity index (χ4v) is 3.68. The van der Waals surface area contributed by atoms with Crippen LogP contribution in [0.4, 0.5) is 0 Å². The molecule has 0 radical (unpaired) electrons. The number of aromatic nitrogens is 2. The highest BCUT2D eigenvalue weighted by molar-refractivity contribution is 5.24. The van der Waals surface area contributed by atoms with Crippen LogP contribution < -0.4 is 5.32 Å². The van der Waals surface area contributed by atoms with Gasteiger partial charge in [-0.15, -0.1) is 0 Å². The summed E-state index contributed by atoms with van der Waals surface area (Å²) >= 11 is 0. The molecule has 0 aromatic carbocycles. The van der Waals surface area contributed by atoms with Crippen molar-refractivity contribution in [1.82, 2.24) is 15.1 Å². The average molecular weight is 247 g/mol. The van der Waals surface area contributed by atoms with Crippen molar-refractivity contribution >= 4 is 0 Å². The predicted octanol–water partition coefficient (Wildman–Crippen LogP) is 2.62. The molecule has 1 saturated carbocycles.